The number of nitrogens with one attached hydrogen (secondary N) is 1. The van der Waals surface area contributed by atoms with Crippen LogP contribution in [0.25, 0.3) is 0 Å². The fraction of sp³-hybridized carbons (Fsp3) is 0.273. The first kappa shape index (κ1) is 14.6. The average Bonchev–Trinajstić information content (AvgIpc) is 2.37. The van der Waals surface area contributed by atoms with Crippen molar-refractivity contribution in [1.29, 1.82) is 0 Å². The Bertz CT molecular complexity index is 463. The summed E-state index contributed by atoms with van der Waals surface area (Å²) in [5, 5.41) is 21.2. The van der Waals surface area contributed by atoms with E-state index < -0.39 is 21.6 Å². The number of phenolic OH excluding ortho intramolecular Hbond substituents is 2. The number of rotatable bonds is 4. The minimum absolute atomic E-state index is 0.0523. The highest BCUT2D eigenvalue weighted by Gasteiger charge is 2.18. The summed E-state index contributed by atoms with van der Waals surface area (Å²) in [5.41, 5.74) is -0.0523. The minimum Gasteiger partial charge on any atom is -0.504 e. The molecule has 0 saturated heterocycles. The fourth-order valence-corrected chi connectivity index (χ4v) is 1.68. The van der Waals surface area contributed by atoms with Crippen LogP contribution in [-0.4, -0.2) is 39.7 Å². The van der Waals surface area contributed by atoms with Crippen LogP contribution in [0.4, 0.5) is 0 Å². The van der Waals surface area contributed by atoms with Gasteiger partial charge in [-0.1, -0.05) is 28.7 Å². The standard InChI is InChI=1S/C11H12INO5/c1-18-11(17)7(12)5-13-10(16)6-3-2-4-8(14)9(6)15/h2-4,7,14-15H,5H2,1H3,(H,13,16). The van der Waals surface area contributed by atoms with Gasteiger partial charge in [0.15, 0.2) is 11.5 Å². The van der Waals surface area contributed by atoms with Crippen LogP contribution in [0.3, 0.4) is 0 Å². The molecule has 0 fully saturated rings. The van der Waals surface area contributed by atoms with E-state index in [4.69, 9.17) is 0 Å². The van der Waals surface area contributed by atoms with Gasteiger partial charge in [0.25, 0.3) is 5.91 Å². The van der Waals surface area contributed by atoms with E-state index >= 15 is 0 Å². The maximum Gasteiger partial charge on any atom is 0.320 e. The molecule has 1 aromatic carbocycles. The van der Waals surface area contributed by atoms with Gasteiger partial charge >= 0.3 is 5.97 Å². The van der Waals surface area contributed by atoms with Gasteiger partial charge in [0.05, 0.1) is 12.7 Å². The van der Waals surface area contributed by atoms with E-state index in [-0.39, 0.29) is 17.9 Å². The number of aromatic hydroxyl groups is 2. The van der Waals surface area contributed by atoms with E-state index in [1.165, 1.54) is 25.3 Å². The van der Waals surface area contributed by atoms with Gasteiger partial charge in [-0.2, -0.15) is 0 Å². The van der Waals surface area contributed by atoms with E-state index in [2.05, 4.69) is 10.1 Å². The number of phenols is 2. The first-order valence-electron chi connectivity index (χ1n) is 4.98. The molecule has 0 saturated carbocycles. The highest BCUT2D eigenvalue weighted by atomic mass is 127. The van der Waals surface area contributed by atoms with Crippen LogP contribution in [-0.2, 0) is 9.53 Å². The number of methoxy groups -OCH3 is 1. The molecular formula is C11H12INO5. The average molecular weight is 365 g/mol. The highest BCUT2D eigenvalue weighted by molar-refractivity contribution is 14.1. The highest BCUT2D eigenvalue weighted by Crippen LogP contribution is 2.27. The number of halogens is 1. The summed E-state index contributed by atoms with van der Waals surface area (Å²) in [6, 6.07) is 4.07. The maximum atomic E-state index is 11.7. The molecule has 0 spiro atoms. The summed E-state index contributed by atoms with van der Waals surface area (Å²) in [6.45, 7) is 0.0706. The third-order valence-electron chi connectivity index (χ3n) is 2.16. The molecule has 1 amide bonds. The molecule has 1 rings (SSSR count). The Balaban J connectivity index is 2.66. The quantitative estimate of drug-likeness (QED) is 0.318. The molecule has 1 atom stereocenters. The van der Waals surface area contributed by atoms with Crippen molar-refractivity contribution in [2.75, 3.05) is 13.7 Å². The van der Waals surface area contributed by atoms with Crippen LogP contribution in [0.2, 0.25) is 0 Å². The number of amides is 1. The van der Waals surface area contributed by atoms with E-state index in [1.807, 2.05) is 22.6 Å². The van der Waals surface area contributed by atoms with E-state index in [9.17, 15) is 19.8 Å². The molecule has 1 unspecified atom stereocenters. The van der Waals surface area contributed by atoms with Gasteiger partial charge in [-0.15, -0.1) is 0 Å². The van der Waals surface area contributed by atoms with Crippen LogP contribution < -0.4 is 5.32 Å². The van der Waals surface area contributed by atoms with Gasteiger partial charge in [-0.25, -0.2) is 0 Å². The van der Waals surface area contributed by atoms with Crippen molar-refractivity contribution in [3.8, 4) is 11.5 Å². The molecule has 6 nitrogen and oxygen atoms in total. The Morgan fingerprint density at radius 1 is 1.44 bits per heavy atom. The molecule has 0 aromatic heterocycles. The maximum absolute atomic E-state index is 11.7. The number of para-hydroxylation sites is 1. The lowest BCUT2D eigenvalue weighted by atomic mass is 10.1. The predicted octanol–water partition coefficient (Wildman–Crippen LogP) is 0.804. The van der Waals surface area contributed by atoms with Crippen molar-refractivity contribution < 1.29 is 24.5 Å². The largest absolute Gasteiger partial charge is 0.504 e. The van der Waals surface area contributed by atoms with Crippen molar-refractivity contribution in [3.05, 3.63) is 23.8 Å². The number of ether oxygens (including phenoxy) is 1. The van der Waals surface area contributed by atoms with E-state index in [0.717, 1.165) is 0 Å². The van der Waals surface area contributed by atoms with Crippen molar-refractivity contribution in [3.63, 3.8) is 0 Å². The molecule has 0 aliphatic heterocycles. The summed E-state index contributed by atoms with van der Waals surface area (Å²) < 4.78 is 3.99. The zero-order chi connectivity index (χ0) is 13.7. The Hall–Kier alpha value is -1.51. The number of esters is 1. The topological polar surface area (TPSA) is 95.9 Å². The number of carbonyl (C=O) groups excluding carboxylic acids is 2. The summed E-state index contributed by atoms with van der Waals surface area (Å²) in [6.07, 6.45) is 0. The smallest absolute Gasteiger partial charge is 0.320 e. The summed E-state index contributed by atoms with van der Waals surface area (Å²) in [4.78, 5) is 22.8. The van der Waals surface area contributed by atoms with Gasteiger partial charge in [-0.05, 0) is 12.1 Å². The molecule has 98 valence electrons. The van der Waals surface area contributed by atoms with Crippen LogP contribution >= 0.6 is 22.6 Å². The van der Waals surface area contributed by atoms with Crippen LogP contribution in [0.15, 0.2) is 18.2 Å². The first-order valence-corrected chi connectivity index (χ1v) is 6.23. The van der Waals surface area contributed by atoms with Crippen LogP contribution in [0, 0.1) is 0 Å². The summed E-state index contributed by atoms with van der Waals surface area (Å²) in [5.74, 6) is -1.88. The SMILES string of the molecule is COC(=O)C(I)CNC(=O)c1cccc(O)c1O. The molecule has 18 heavy (non-hydrogen) atoms. The predicted molar refractivity (Wildman–Crippen MR) is 71.9 cm³/mol. The van der Waals surface area contributed by atoms with Gasteiger partial charge in [0.1, 0.15) is 3.92 Å². The van der Waals surface area contributed by atoms with Crippen molar-refractivity contribution in [2.45, 2.75) is 3.92 Å². The molecule has 7 heteroatoms. The molecule has 0 aliphatic carbocycles. The second kappa shape index (κ2) is 6.43. The van der Waals surface area contributed by atoms with Crippen molar-refractivity contribution in [1.82, 2.24) is 5.32 Å². The van der Waals surface area contributed by atoms with Gasteiger partial charge in [-0.3, -0.25) is 9.59 Å². The number of carbonyl (C=O) groups is 2. The van der Waals surface area contributed by atoms with Crippen LogP contribution in [0.5, 0.6) is 11.5 Å². The third kappa shape index (κ3) is 3.49. The lowest BCUT2D eigenvalue weighted by molar-refractivity contribution is -0.139. The lowest BCUT2D eigenvalue weighted by Gasteiger charge is -2.10. The lowest BCUT2D eigenvalue weighted by Crippen LogP contribution is -2.33. The Labute approximate surface area is 117 Å². The van der Waals surface area contributed by atoms with Crippen LogP contribution in [0.1, 0.15) is 10.4 Å². The number of hydrogen-bond acceptors (Lipinski definition) is 5. The molecular weight excluding hydrogens is 353 g/mol. The van der Waals surface area contributed by atoms with Crippen molar-refractivity contribution in [2.24, 2.45) is 0 Å². The molecule has 0 radical (unpaired) electrons. The number of hydrogen-bond donors (Lipinski definition) is 3. The number of alkyl halides is 1. The third-order valence-corrected chi connectivity index (χ3v) is 3.11. The normalized spacial score (nSPS) is 11.7. The minimum atomic E-state index is -0.575. The zero-order valence-electron chi connectivity index (χ0n) is 9.51. The molecule has 1 aromatic rings. The Morgan fingerprint density at radius 2 is 2.11 bits per heavy atom. The van der Waals surface area contributed by atoms with Crippen molar-refractivity contribution >= 4 is 34.5 Å². The Morgan fingerprint density at radius 3 is 2.72 bits per heavy atom. The molecule has 0 bridgehead atoms. The second-order valence-corrected chi connectivity index (χ2v) is 4.88. The number of benzene rings is 1. The molecule has 0 heterocycles. The van der Waals surface area contributed by atoms with E-state index in [0.29, 0.717) is 0 Å². The fourth-order valence-electron chi connectivity index (χ4n) is 1.20. The van der Waals surface area contributed by atoms with Gasteiger partial charge in [0.2, 0.25) is 0 Å². The van der Waals surface area contributed by atoms with E-state index in [1.54, 1.807) is 0 Å². The molecule has 0 aliphatic rings. The zero-order valence-corrected chi connectivity index (χ0v) is 11.7. The summed E-state index contributed by atoms with van der Waals surface area (Å²) >= 11 is 1.83. The molecule has 3 N–H and O–H groups in total. The van der Waals surface area contributed by atoms with Gasteiger partial charge in [0, 0.05) is 6.54 Å². The van der Waals surface area contributed by atoms with Gasteiger partial charge < -0.3 is 20.3 Å². The Kier molecular flexibility index (Phi) is 5.20. The monoisotopic (exact) mass is 365 g/mol. The first-order chi connectivity index (χ1) is 8.47. The summed E-state index contributed by atoms with van der Waals surface area (Å²) in [7, 11) is 1.26. The second-order valence-electron chi connectivity index (χ2n) is 3.37.